The summed E-state index contributed by atoms with van der Waals surface area (Å²) in [5.74, 6) is 2.04. The van der Waals surface area contributed by atoms with Crippen molar-refractivity contribution in [2.24, 2.45) is 5.73 Å². The van der Waals surface area contributed by atoms with Gasteiger partial charge in [0.25, 0.3) is 0 Å². The quantitative estimate of drug-likeness (QED) is 0.936. The van der Waals surface area contributed by atoms with Crippen LogP contribution in [0.25, 0.3) is 5.69 Å². The SMILES string of the molecule is Cc1cc(Cl)ccc1-n1nc(C(C)C)nc1CCN. The molecule has 19 heavy (non-hydrogen) atoms. The monoisotopic (exact) mass is 278 g/mol. The summed E-state index contributed by atoms with van der Waals surface area (Å²) < 4.78 is 1.88. The van der Waals surface area contributed by atoms with E-state index in [2.05, 4.69) is 23.9 Å². The Bertz CT molecular complexity index is 575. The van der Waals surface area contributed by atoms with Crippen molar-refractivity contribution in [3.05, 3.63) is 40.4 Å². The number of rotatable bonds is 4. The third-order valence-electron chi connectivity index (χ3n) is 2.96. The molecule has 0 aliphatic heterocycles. The highest BCUT2D eigenvalue weighted by atomic mass is 35.5. The average molecular weight is 279 g/mol. The van der Waals surface area contributed by atoms with Crippen LogP contribution in [0.15, 0.2) is 18.2 Å². The molecule has 0 atom stereocenters. The molecule has 1 heterocycles. The number of benzene rings is 1. The molecule has 0 aliphatic rings. The fourth-order valence-electron chi connectivity index (χ4n) is 1.95. The van der Waals surface area contributed by atoms with Gasteiger partial charge in [0.15, 0.2) is 5.82 Å². The lowest BCUT2D eigenvalue weighted by Gasteiger charge is -2.08. The van der Waals surface area contributed by atoms with Crippen LogP contribution in [0.4, 0.5) is 0 Å². The van der Waals surface area contributed by atoms with E-state index in [4.69, 9.17) is 17.3 Å². The van der Waals surface area contributed by atoms with E-state index in [0.717, 1.165) is 27.9 Å². The summed E-state index contributed by atoms with van der Waals surface area (Å²) in [5, 5.41) is 5.32. The molecule has 0 spiro atoms. The molecule has 0 fully saturated rings. The van der Waals surface area contributed by atoms with E-state index >= 15 is 0 Å². The number of hydrogen-bond acceptors (Lipinski definition) is 3. The maximum absolute atomic E-state index is 6.00. The van der Waals surface area contributed by atoms with Crippen molar-refractivity contribution in [3.8, 4) is 5.69 Å². The standard InChI is InChI=1S/C14H19ClN4/c1-9(2)14-17-13(6-7-16)19(18-14)12-5-4-11(15)8-10(12)3/h4-5,8-9H,6-7,16H2,1-3H3. The van der Waals surface area contributed by atoms with E-state index in [1.54, 1.807) is 0 Å². The lowest BCUT2D eigenvalue weighted by Crippen LogP contribution is -2.10. The Kier molecular flexibility index (Phi) is 4.22. The van der Waals surface area contributed by atoms with Gasteiger partial charge in [-0.1, -0.05) is 25.4 Å². The van der Waals surface area contributed by atoms with E-state index in [9.17, 15) is 0 Å². The Morgan fingerprint density at radius 3 is 2.68 bits per heavy atom. The van der Waals surface area contributed by atoms with Crippen molar-refractivity contribution in [2.45, 2.75) is 33.1 Å². The van der Waals surface area contributed by atoms with Gasteiger partial charge in [-0.15, -0.1) is 0 Å². The zero-order valence-electron chi connectivity index (χ0n) is 11.5. The van der Waals surface area contributed by atoms with Gasteiger partial charge in [-0.05, 0) is 37.2 Å². The smallest absolute Gasteiger partial charge is 0.153 e. The first-order valence-corrected chi connectivity index (χ1v) is 6.83. The van der Waals surface area contributed by atoms with Crippen molar-refractivity contribution in [1.82, 2.24) is 14.8 Å². The number of halogens is 1. The van der Waals surface area contributed by atoms with Gasteiger partial charge in [0, 0.05) is 17.4 Å². The zero-order chi connectivity index (χ0) is 14.0. The summed E-state index contributed by atoms with van der Waals surface area (Å²) in [6.45, 7) is 6.74. The van der Waals surface area contributed by atoms with Crippen molar-refractivity contribution in [3.63, 3.8) is 0 Å². The molecule has 4 nitrogen and oxygen atoms in total. The number of nitrogens with zero attached hydrogens (tertiary/aromatic N) is 3. The minimum atomic E-state index is 0.297. The molecular weight excluding hydrogens is 260 g/mol. The second-order valence-corrected chi connectivity index (χ2v) is 5.36. The van der Waals surface area contributed by atoms with Crippen LogP contribution in [0, 0.1) is 6.92 Å². The fraction of sp³-hybridized carbons (Fsp3) is 0.429. The highest BCUT2D eigenvalue weighted by Crippen LogP contribution is 2.21. The average Bonchev–Trinajstić information content (AvgIpc) is 2.74. The Morgan fingerprint density at radius 2 is 2.11 bits per heavy atom. The van der Waals surface area contributed by atoms with Crippen molar-refractivity contribution < 1.29 is 0 Å². The van der Waals surface area contributed by atoms with Gasteiger partial charge >= 0.3 is 0 Å². The van der Waals surface area contributed by atoms with Crippen LogP contribution in [0.3, 0.4) is 0 Å². The molecule has 1 aromatic carbocycles. The normalized spacial score (nSPS) is 11.3. The number of aryl methyl sites for hydroxylation is 1. The Morgan fingerprint density at radius 1 is 1.37 bits per heavy atom. The van der Waals surface area contributed by atoms with Gasteiger partial charge < -0.3 is 5.73 Å². The summed E-state index contributed by atoms with van der Waals surface area (Å²) in [4.78, 5) is 4.58. The Hall–Kier alpha value is -1.39. The van der Waals surface area contributed by atoms with Crippen LogP contribution < -0.4 is 5.73 Å². The number of hydrogen-bond donors (Lipinski definition) is 1. The summed E-state index contributed by atoms with van der Waals surface area (Å²) in [6.07, 6.45) is 0.710. The molecule has 0 aliphatic carbocycles. The highest BCUT2D eigenvalue weighted by Gasteiger charge is 2.14. The van der Waals surface area contributed by atoms with Crippen LogP contribution in [-0.2, 0) is 6.42 Å². The molecule has 0 saturated carbocycles. The molecule has 0 unspecified atom stereocenters. The predicted molar refractivity (Wildman–Crippen MR) is 78.0 cm³/mol. The molecule has 2 rings (SSSR count). The lowest BCUT2D eigenvalue weighted by atomic mass is 10.2. The molecule has 2 N–H and O–H groups in total. The zero-order valence-corrected chi connectivity index (χ0v) is 12.3. The van der Waals surface area contributed by atoms with Crippen LogP contribution in [-0.4, -0.2) is 21.3 Å². The second-order valence-electron chi connectivity index (χ2n) is 4.92. The summed E-state index contributed by atoms with van der Waals surface area (Å²) in [6, 6.07) is 5.77. The third kappa shape index (κ3) is 2.96. The maximum Gasteiger partial charge on any atom is 0.153 e. The van der Waals surface area contributed by atoms with Crippen LogP contribution in [0.5, 0.6) is 0 Å². The highest BCUT2D eigenvalue weighted by molar-refractivity contribution is 6.30. The fourth-order valence-corrected chi connectivity index (χ4v) is 2.17. The minimum absolute atomic E-state index is 0.297. The minimum Gasteiger partial charge on any atom is -0.330 e. The van der Waals surface area contributed by atoms with E-state index in [-0.39, 0.29) is 0 Å². The number of nitrogens with two attached hydrogens (primary N) is 1. The van der Waals surface area contributed by atoms with Gasteiger partial charge in [-0.2, -0.15) is 5.10 Å². The lowest BCUT2D eigenvalue weighted by molar-refractivity contribution is 0.741. The van der Waals surface area contributed by atoms with E-state index in [1.165, 1.54) is 0 Å². The number of aromatic nitrogens is 3. The molecule has 0 amide bonds. The van der Waals surface area contributed by atoms with Crippen LogP contribution in [0.2, 0.25) is 5.02 Å². The molecule has 0 saturated heterocycles. The Balaban J connectivity index is 2.53. The van der Waals surface area contributed by atoms with Gasteiger partial charge in [-0.25, -0.2) is 9.67 Å². The van der Waals surface area contributed by atoms with Gasteiger partial charge in [-0.3, -0.25) is 0 Å². The Labute approximate surface area is 118 Å². The van der Waals surface area contributed by atoms with Crippen LogP contribution >= 0.6 is 11.6 Å². The van der Waals surface area contributed by atoms with E-state index < -0.39 is 0 Å². The first-order chi connectivity index (χ1) is 9.02. The summed E-state index contributed by atoms with van der Waals surface area (Å²) >= 11 is 6.00. The first kappa shape index (κ1) is 14.0. The van der Waals surface area contributed by atoms with Crippen molar-refractivity contribution >= 4 is 11.6 Å². The van der Waals surface area contributed by atoms with E-state index in [1.807, 2.05) is 29.8 Å². The van der Waals surface area contributed by atoms with Gasteiger partial charge in [0.1, 0.15) is 5.82 Å². The molecule has 2 aromatic rings. The van der Waals surface area contributed by atoms with Crippen molar-refractivity contribution in [1.29, 1.82) is 0 Å². The largest absolute Gasteiger partial charge is 0.330 e. The molecule has 102 valence electrons. The second kappa shape index (κ2) is 5.72. The molecule has 5 heteroatoms. The summed E-state index contributed by atoms with van der Waals surface area (Å²) in [5.41, 5.74) is 7.73. The summed E-state index contributed by atoms with van der Waals surface area (Å²) in [7, 11) is 0. The third-order valence-corrected chi connectivity index (χ3v) is 3.20. The molecule has 0 radical (unpaired) electrons. The van der Waals surface area contributed by atoms with E-state index in [0.29, 0.717) is 18.9 Å². The molecule has 0 bridgehead atoms. The maximum atomic E-state index is 6.00. The first-order valence-electron chi connectivity index (χ1n) is 6.45. The molecular formula is C14H19ClN4. The predicted octanol–water partition coefficient (Wildman–Crippen LogP) is 2.85. The molecule has 1 aromatic heterocycles. The van der Waals surface area contributed by atoms with Gasteiger partial charge in [0.2, 0.25) is 0 Å². The van der Waals surface area contributed by atoms with Crippen molar-refractivity contribution in [2.75, 3.05) is 6.54 Å². The van der Waals surface area contributed by atoms with Crippen LogP contribution in [0.1, 0.15) is 37.0 Å². The van der Waals surface area contributed by atoms with Gasteiger partial charge in [0.05, 0.1) is 5.69 Å². The topological polar surface area (TPSA) is 56.7 Å².